The SMILES string of the molecule is O=C(c1ccc2ccccc2c1)N1CCN(Cc2cccs2)CC1. The van der Waals surface area contributed by atoms with Crippen LogP contribution in [0, 0.1) is 0 Å². The van der Waals surface area contributed by atoms with Gasteiger partial charge in [0.2, 0.25) is 0 Å². The monoisotopic (exact) mass is 336 g/mol. The molecule has 122 valence electrons. The normalized spacial score (nSPS) is 15.8. The van der Waals surface area contributed by atoms with E-state index in [0.29, 0.717) is 0 Å². The van der Waals surface area contributed by atoms with E-state index in [1.54, 1.807) is 11.3 Å². The van der Waals surface area contributed by atoms with Crippen molar-refractivity contribution in [3.63, 3.8) is 0 Å². The van der Waals surface area contributed by atoms with Gasteiger partial charge in [-0.3, -0.25) is 9.69 Å². The summed E-state index contributed by atoms with van der Waals surface area (Å²) in [6.07, 6.45) is 0. The van der Waals surface area contributed by atoms with E-state index >= 15 is 0 Å². The highest BCUT2D eigenvalue weighted by Crippen LogP contribution is 2.18. The number of nitrogens with zero attached hydrogens (tertiary/aromatic N) is 2. The summed E-state index contributed by atoms with van der Waals surface area (Å²) in [7, 11) is 0. The van der Waals surface area contributed by atoms with Gasteiger partial charge in [0.25, 0.3) is 5.91 Å². The predicted molar refractivity (Wildman–Crippen MR) is 99.4 cm³/mol. The zero-order valence-corrected chi connectivity index (χ0v) is 14.3. The predicted octanol–water partition coefficient (Wildman–Crippen LogP) is 3.86. The Bertz CT molecular complexity index is 836. The Morgan fingerprint density at radius 2 is 1.71 bits per heavy atom. The lowest BCUT2D eigenvalue weighted by molar-refractivity contribution is 0.0630. The topological polar surface area (TPSA) is 23.6 Å². The summed E-state index contributed by atoms with van der Waals surface area (Å²) in [6, 6.07) is 18.4. The summed E-state index contributed by atoms with van der Waals surface area (Å²) in [5.74, 6) is 0.150. The molecule has 24 heavy (non-hydrogen) atoms. The summed E-state index contributed by atoms with van der Waals surface area (Å²) < 4.78 is 0. The molecule has 4 heteroatoms. The standard InChI is InChI=1S/C20H20N2OS/c23-20(18-8-7-16-4-1-2-5-17(16)14-18)22-11-9-21(10-12-22)15-19-6-3-13-24-19/h1-8,13-14H,9-12,15H2. The maximum Gasteiger partial charge on any atom is 0.253 e. The molecule has 2 heterocycles. The van der Waals surface area contributed by atoms with Crippen molar-refractivity contribution in [1.82, 2.24) is 9.80 Å². The highest BCUT2D eigenvalue weighted by atomic mass is 32.1. The van der Waals surface area contributed by atoms with Crippen molar-refractivity contribution in [3.05, 3.63) is 70.4 Å². The maximum atomic E-state index is 12.8. The number of carbonyl (C=O) groups excluding carboxylic acids is 1. The van der Waals surface area contributed by atoms with Gasteiger partial charge in [-0.1, -0.05) is 36.4 Å². The van der Waals surface area contributed by atoms with Crippen LogP contribution in [-0.2, 0) is 6.54 Å². The van der Waals surface area contributed by atoms with Crippen molar-refractivity contribution < 1.29 is 4.79 Å². The van der Waals surface area contributed by atoms with Gasteiger partial charge in [-0.05, 0) is 34.4 Å². The van der Waals surface area contributed by atoms with E-state index in [-0.39, 0.29) is 5.91 Å². The van der Waals surface area contributed by atoms with Gasteiger partial charge in [0.1, 0.15) is 0 Å². The number of carbonyl (C=O) groups is 1. The smallest absolute Gasteiger partial charge is 0.253 e. The quantitative estimate of drug-likeness (QED) is 0.725. The van der Waals surface area contributed by atoms with Crippen LogP contribution in [0.2, 0.25) is 0 Å². The summed E-state index contributed by atoms with van der Waals surface area (Å²) in [4.78, 5) is 18.6. The van der Waals surface area contributed by atoms with Crippen LogP contribution in [0.15, 0.2) is 60.0 Å². The van der Waals surface area contributed by atoms with E-state index in [0.717, 1.165) is 43.7 Å². The Morgan fingerprint density at radius 3 is 2.46 bits per heavy atom. The molecule has 1 fully saturated rings. The Kier molecular flexibility index (Phi) is 4.32. The Balaban J connectivity index is 1.41. The molecule has 1 saturated heterocycles. The van der Waals surface area contributed by atoms with Crippen LogP contribution in [0.1, 0.15) is 15.2 Å². The van der Waals surface area contributed by atoms with Gasteiger partial charge in [0.05, 0.1) is 0 Å². The summed E-state index contributed by atoms with van der Waals surface area (Å²) >= 11 is 1.80. The molecule has 0 unspecified atom stereocenters. The van der Waals surface area contributed by atoms with E-state index < -0.39 is 0 Å². The number of amides is 1. The molecule has 1 aromatic heterocycles. The number of piperazine rings is 1. The fraction of sp³-hybridized carbons (Fsp3) is 0.250. The molecular formula is C20H20N2OS. The lowest BCUT2D eigenvalue weighted by Gasteiger charge is -2.34. The summed E-state index contributed by atoms with van der Waals surface area (Å²) in [6.45, 7) is 4.48. The van der Waals surface area contributed by atoms with Crippen molar-refractivity contribution >= 4 is 28.0 Å². The minimum atomic E-state index is 0.150. The number of hydrogen-bond acceptors (Lipinski definition) is 3. The first-order valence-electron chi connectivity index (χ1n) is 8.32. The molecule has 3 nitrogen and oxygen atoms in total. The van der Waals surface area contributed by atoms with Gasteiger partial charge in [-0.25, -0.2) is 0 Å². The molecule has 0 aliphatic carbocycles. The second kappa shape index (κ2) is 6.75. The third-order valence-electron chi connectivity index (χ3n) is 4.62. The van der Waals surface area contributed by atoms with Crippen LogP contribution < -0.4 is 0 Å². The molecule has 1 amide bonds. The number of rotatable bonds is 3. The lowest BCUT2D eigenvalue weighted by Crippen LogP contribution is -2.48. The van der Waals surface area contributed by atoms with Crippen LogP contribution >= 0.6 is 11.3 Å². The molecule has 1 aliphatic rings. The van der Waals surface area contributed by atoms with Crippen molar-refractivity contribution in [2.75, 3.05) is 26.2 Å². The second-order valence-corrected chi connectivity index (χ2v) is 7.24. The van der Waals surface area contributed by atoms with Crippen molar-refractivity contribution in [1.29, 1.82) is 0 Å². The van der Waals surface area contributed by atoms with E-state index in [1.165, 1.54) is 10.3 Å². The van der Waals surface area contributed by atoms with Gasteiger partial charge < -0.3 is 4.90 Å². The second-order valence-electron chi connectivity index (χ2n) is 6.21. The summed E-state index contributed by atoms with van der Waals surface area (Å²) in [5.41, 5.74) is 0.792. The van der Waals surface area contributed by atoms with Crippen LogP contribution in [-0.4, -0.2) is 41.9 Å². The van der Waals surface area contributed by atoms with E-state index in [9.17, 15) is 4.79 Å². The van der Waals surface area contributed by atoms with Crippen molar-refractivity contribution in [2.45, 2.75) is 6.54 Å². The first-order chi connectivity index (χ1) is 11.8. The Morgan fingerprint density at radius 1 is 0.917 bits per heavy atom. The molecular weight excluding hydrogens is 316 g/mol. The lowest BCUT2D eigenvalue weighted by atomic mass is 10.1. The fourth-order valence-electron chi connectivity index (χ4n) is 3.24. The van der Waals surface area contributed by atoms with E-state index in [2.05, 4.69) is 34.5 Å². The first kappa shape index (κ1) is 15.4. The third-order valence-corrected chi connectivity index (χ3v) is 5.48. The first-order valence-corrected chi connectivity index (χ1v) is 9.20. The average molecular weight is 336 g/mol. The Hall–Kier alpha value is -2.17. The molecule has 0 radical (unpaired) electrons. The Labute approximate surface area is 146 Å². The third kappa shape index (κ3) is 3.21. The zero-order chi connectivity index (χ0) is 16.4. The molecule has 0 spiro atoms. The van der Waals surface area contributed by atoms with E-state index in [4.69, 9.17) is 0 Å². The van der Waals surface area contributed by atoms with Crippen LogP contribution in [0.3, 0.4) is 0 Å². The van der Waals surface area contributed by atoms with Crippen LogP contribution in [0.4, 0.5) is 0 Å². The van der Waals surface area contributed by atoms with Gasteiger partial charge >= 0.3 is 0 Å². The van der Waals surface area contributed by atoms with Crippen molar-refractivity contribution in [2.24, 2.45) is 0 Å². The number of hydrogen-bond donors (Lipinski definition) is 0. The van der Waals surface area contributed by atoms with Crippen LogP contribution in [0.5, 0.6) is 0 Å². The number of thiophene rings is 1. The van der Waals surface area contributed by atoms with Gasteiger partial charge in [0, 0.05) is 43.2 Å². The van der Waals surface area contributed by atoms with Crippen molar-refractivity contribution in [3.8, 4) is 0 Å². The number of fused-ring (bicyclic) bond motifs is 1. The molecule has 0 bridgehead atoms. The molecule has 0 saturated carbocycles. The average Bonchev–Trinajstić information content (AvgIpc) is 3.14. The zero-order valence-electron chi connectivity index (χ0n) is 13.5. The highest BCUT2D eigenvalue weighted by molar-refractivity contribution is 7.09. The molecule has 2 aromatic carbocycles. The minimum Gasteiger partial charge on any atom is -0.336 e. The molecule has 0 atom stereocenters. The minimum absolute atomic E-state index is 0.150. The molecule has 0 N–H and O–H groups in total. The molecule has 4 rings (SSSR count). The number of benzene rings is 2. The highest BCUT2D eigenvalue weighted by Gasteiger charge is 2.22. The summed E-state index contributed by atoms with van der Waals surface area (Å²) in [5, 5.41) is 4.42. The largest absolute Gasteiger partial charge is 0.336 e. The van der Waals surface area contributed by atoms with Gasteiger partial charge in [-0.15, -0.1) is 11.3 Å². The maximum absolute atomic E-state index is 12.8. The fourth-order valence-corrected chi connectivity index (χ4v) is 3.98. The molecule has 3 aromatic rings. The van der Waals surface area contributed by atoms with E-state index in [1.807, 2.05) is 35.2 Å². The molecule has 1 aliphatic heterocycles. The van der Waals surface area contributed by atoms with Gasteiger partial charge in [0.15, 0.2) is 0 Å². The van der Waals surface area contributed by atoms with Gasteiger partial charge in [-0.2, -0.15) is 0 Å². The van der Waals surface area contributed by atoms with Crippen LogP contribution in [0.25, 0.3) is 10.8 Å².